The lowest BCUT2D eigenvalue weighted by Crippen LogP contribution is -2.38. The molecule has 40 heavy (non-hydrogen) atoms. The summed E-state index contributed by atoms with van der Waals surface area (Å²) in [5.74, 6) is 1.13. The number of carbonyl (C=O) groups is 1. The first-order valence-electron chi connectivity index (χ1n) is 12.7. The van der Waals surface area contributed by atoms with E-state index in [1.165, 1.54) is 11.0 Å². The molecule has 1 aliphatic heterocycles. The molecule has 4 aromatic rings. The zero-order valence-corrected chi connectivity index (χ0v) is 22.7. The molecule has 0 atom stereocenters. The molecule has 11 nitrogen and oxygen atoms in total. The van der Waals surface area contributed by atoms with Crippen molar-refractivity contribution in [3.8, 4) is 28.6 Å². The first-order valence-corrected chi connectivity index (χ1v) is 12.7. The number of hydrogen-bond acceptors (Lipinski definition) is 10. The Balaban J connectivity index is 1.35. The second-order valence-corrected chi connectivity index (χ2v) is 10.1. The minimum absolute atomic E-state index is 0.0423. The zero-order valence-electron chi connectivity index (χ0n) is 22.7. The van der Waals surface area contributed by atoms with Crippen LogP contribution < -0.4 is 14.2 Å². The molecule has 0 spiro atoms. The average Bonchev–Trinajstić information content (AvgIpc) is 2.94. The largest absolute Gasteiger partial charge is 0.486 e. The molecule has 0 fully saturated rings. The monoisotopic (exact) mass is 548 g/mol. The average molecular weight is 549 g/mol. The fourth-order valence-electron chi connectivity index (χ4n) is 4.09. The van der Waals surface area contributed by atoms with Gasteiger partial charge in [0.25, 0.3) is 0 Å². The number of aromatic nitrogens is 5. The van der Waals surface area contributed by atoms with Crippen LogP contribution in [0.3, 0.4) is 0 Å². The Morgan fingerprint density at radius 3 is 2.55 bits per heavy atom. The van der Waals surface area contributed by atoms with Crippen LogP contribution in [0.5, 0.6) is 17.4 Å². The van der Waals surface area contributed by atoms with Gasteiger partial charge in [0.2, 0.25) is 5.88 Å². The van der Waals surface area contributed by atoms with Crippen molar-refractivity contribution in [3.05, 3.63) is 59.9 Å². The highest BCUT2D eigenvalue weighted by molar-refractivity contribution is 5.89. The van der Waals surface area contributed by atoms with Crippen molar-refractivity contribution < 1.29 is 28.1 Å². The minimum Gasteiger partial charge on any atom is -0.486 e. The molecule has 0 bridgehead atoms. The molecular weight excluding hydrogens is 519 g/mol. The molecule has 1 amide bonds. The van der Waals surface area contributed by atoms with Gasteiger partial charge in [-0.15, -0.1) is 10.2 Å². The molecule has 0 unspecified atom stereocenters. The van der Waals surface area contributed by atoms with Crippen LogP contribution in [-0.2, 0) is 17.7 Å². The summed E-state index contributed by atoms with van der Waals surface area (Å²) < 4.78 is 36.8. The Hall–Kier alpha value is -4.61. The SMILES string of the molecule is COc1ccc2nccc(-c3cnc(CCN(Cc4cc5c(cc4F)OCCO5)C(=O)OC(C)(C)C)nn3)c2n1. The first-order chi connectivity index (χ1) is 19.2. The lowest BCUT2D eigenvalue weighted by atomic mass is 10.1. The van der Waals surface area contributed by atoms with Gasteiger partial charge in [-0.3, -0.25) is 4.98 Å². The van der Waals surface area contributed by atoms with Crippen molar-refractivity contribution in [2.75, 3.05) is 26.9 Å². The Morgan fingerprint density at radius 1 is 1.07 bits per heavy atom. The van der Waals surface area contributed by atoms with Gasteiger partial charge in [-0.1, -0.05) is 0 Å². The molecule has 0 saturated heterocycles. The highest BCUT2D eigenvalue weighted by Gasteiger charge is 2.25. The van der Waals surface area contributed by atoms with E-state index in [0.717, 1.165) is 0 Å². The lowest BCUT2D eigenvalue weighted by Gasteiger charge is -2.28. The third kappa shape index (κ3) is 6.16. The summed E-state index contributed by atoms with van der Waals surface area (Å²) in [6, 6.07) is 8.16. The number of methoxy groups -OCH3 is 1. The summed E-state index contributed by atoms with van der Waals surface area (Å²) in [5.41, 5.74) is 2.06. The van der Waals surface area contributed by atoms with Gasteiger partial charge < -0.3 is 23.8 Å². The number of carbonyl (C=O) groups excluding carboxylic acids is 1. The molecule has 208 valence electrons. The van der Waals surface area contributed by atoms with Crippen molar-refractivity contribution in [1.29, 1.82) is 0 Å². The topological polar surface area (TPSA) is 122 Å². The fraction of sp³-hybridized carbons (Fsp3) is 0.357. The van der Waals surface area contributed by atoms with E-state index in [1.54, 1.807) is 58.5 Å². The molecule has 1 aliphatic rings. The summed E-state index contributed by atoms with van der Waals surface area (Å²) >= 11 is 0. The van der Waals surface area contributed by atoms with E-state index in [9.17, 15) is 9.18 Å². The third-order valence-electron chi connectivity index (χ3n) is 5.98. The van der Waals surface area contributed by atoms with Crippen LogP contribution in [0.1, 0.15) is 32.2 Å². The Labute approximate surface area is 230 Å². The van der Waals surface area contributed by atoms with Gasteiger partial charge in [-0.25, -0.2) is 19.2 Å². The van der Waals surface area contributed by atoms with E-state index < -0.39 is 17.5 Å². The predicted octanol–water partition coefficient (Wildman–Crippen LogP) is 4.38. The number of rotatable bonds is 7. The van der Waals surface area contributed by atoms with Crippen molar-refractivity contribution in [2.24, 2.45) is 0 Å². The quantitative estimate of drug-likeness (QED) is 0.329. The first kappa shape index (κ1) is 27.0. The minimum atomic E-state index is -0.732. The Kier molecular flexibility index (Phi) is 7.58. The second-order valence-electron chi connectivity index (χ2n) is 10.1. The van der Waals surface area contributed by atoms with E-state index in [0.29, 0.717) is 58.7 Å². The Bertz CT molecular complexity index is 1530. The molecule has 4 heterocycles. The molecule has 3 aromatic heterocycles. The van der Waals surface area contributed by atoms with Gasteiger partial charge in [-0.2, -0.15) is 0 Å². The van der Waals surface area contributed by atoms with Gasteiger partial charge in [0.15, 0.2) is 17.3 Å². The van der Waals surface area contributed by atoms with Crippen LogP contribution in [-0.4, -0.2) is 68.6 Å². The van der Waals surface area contributed by atoms with Crippen LogP contribution in [0.15, 0.2) is 42.7 Å². The summed E-state index contributed by atoms with van der Waals surface area (Å²) in [6.45, 7) is 6.16. The maximum atomic E-state index is 14.9. The molecule has 12 heteroatoms. The number of halogens is 1. The second kappa shape index (κ2) is 11.2. The molecule has 1 aromatic carbocycles. The van der Waals surface area contributed by atoms with Crippen LogP contribution in [0.2, 0.25) is 0 Å². The summed E-state index contributed by atoms with van der Waals surface area (Å²) in [4.78, 5) is 27.7. The maximum Gasteiger partial charge on any atom is 0.410 e. The maximum absolute atomic E-state index is 14.9. The van der Waals surface area contributed by atoms with Gasteiger partial charge in [0, 0.05) is 42.4 Å². The highest BCUT2D eigenvalue weighted by atomic mass is 19.1. The van der Waals surface area contributed by atoms with Gasteiger partial charge in [0.05, 0.1) is 25.4 Å². The number of pyridine rings is 2. The van der Waals surface area contributed by atoms with E-state index >= 15 is 0 Å². The normalized spacial score (nSPS) is 12.7. The van der Waals surface area contributed by atoms with Crippen molar-refractivity contribution >= 4 is 17.1 Å². The predicted molar refractivity (Wildman–Crippen MR) is 143 cm³/mol. The number of nitrogens with zero attached hydrogens (tertiary/aromatic N) is 6. The van der Waals surface area contributed by atoms with Gasteiger partial charge in [-0.05, 0) is 39.0 Å². The molecule has 5 rings (SSSR count). The standard InChI is InChI=1S/C28H29FN6O5/c1-28(2,3)40-27(36)35(16-17-13-22-23(14-19(17)29)39-12-11-38-22)10-8-24-31-15-21(33-34-24)18-7-9-30-20-5-6-25(37-4)32-26(18)20/h5-7,9,13-15H,8,10-12,16H2,1-4H3. The van der Waals surface area contributed by atoms with Crippen LogP contribution >= 0.6 is 0 Å². The summed E-state index contributed by atoms with van der Waals surface area (Å²) in [7, 11) is 1.54. The van der Waals surface area contributed by atoms with Crippen molar-refractivity contribution in [1.82, 2.24) is 30.0 Å². The molecule has 0 radical (unpaired) electrons. The fourth-order valence-corrected chi connectivity index (χ4v) is 4.09. The van der Waals surface area contributed by atoms with E-state index in [1.807, 2.05) is 6.07 Å². The number of fused-ring (bicyclic) bond motifs is 2. The third-order valence-corrected chi connectivity index (χ3v) is 5.98. The van der Waals surface area contributed by atoms with Crippen LogP contribution in [0.25, 0.3) is 22.3 Å². The smallest absolute Gasteiger partial charge is 0.410 e. The van der Waals surface area contributed by atoms with Crippen LogP contribution in [0, 0.1) is 5.82 Å². The van der Waals surface area contributed by atoms with E-state index in [2.05, 4.69) is 25.1 Å². The molecule has 0 saturated carbocycles. The van der Waals surface area contributed by atoms with Gasteiger partial charge >= 0.3 is 6.09 Å². The Morgan fingerprint density at radius 2 is 1.85 bits per heavy atom. The van der Waals surface area contributed by atoms with E-state index in [4.69, 9.17) is 18.9 Å². The highest BCUT2D eigenvalue weighted by Crippen LogP contribution is 2.33. The lowest BCUT2D eigenvalue weighted by molar-refractivity contribution is 0.0233. The number of ether oxygens (including phenoxy) is 4. The molecule has 0 aliphatic carbocycles. The molecular formula is C28H29FN6O5. The summed E-state index contributed by atoms with van der Waals surface area (Å²) in [5, 5.41) is 8.60. The van der Waals surface area contributed by atoms with E-state index in [-0.39, 0.29) is 25.1 Å². The number of benzene rings is 1. The van der Waals surface area contributed by atoms with Crippen molar-refractivity contribution in [3.63, 3.8) is 0 Å². The van der Waals surface area contributed by atoms with Crippen LogP contribution in [0.4, 0.5) is 9.18 Å². The number of amides is 1. The summed E-state index contributed by atoms with van der Waals surface area (Å²) in [6.07, 6.45) is 2.94. The zero-order chi connectivity index (χ0) is 28.3. The number of hydrogen-bond donors (Lipinski definition) is 0. The van der Waals surface area contributed by atoms with Gasteiger partial charge in [0.1, 0.15) is 35.8 Å². The molecule has 0 N–H and O–H groups in total. The van der Waals surface area contributed by atoms with Crippen molar-refractivity contribution in [2.45, 2.75) is 39.3 Å².